The molecule has 0 spiro atoms. The predicted octanol–water partition coefficient (Wildman–Crippen LogP) is 4.47. The van der Waals surface area contributed by atoms with Gasteiger partial charge in [-0.25, -0.2) is 0 Å². The van der Waals surface area contributed by atoms with Crippen LogP contribution < -0.4 is 19.3 Å². The molecule has 1 saturated heterocycles. The Kier molecular flexibility index (Phi) is 6.58. The number of nitrogens with zero attached hydrogens (tertiary/aromatic N) is 3. The zero-order chi connectivity index (χ0) is 26.2. The molecule has 3 aromatic rings. The maximum atomic E-state index is 13.1. The number of hydrogen-bond donors (Lipinski definition) is 0. The van der Waals surface area contributed by atoms with Crippen LogP contribution in [0.4, 0.5) is 11.4 Å². The number of benzene rings is 2. The number of ether oxygens (including phenoxy) is 2. The summed E-state index contributed by atoms with van der Waals surface area (Å²) < 4.78 is 16.8. The molecular formula is C29H33N3O5. The largest absolute Gasteiger partial charge is 0.497 e. The Morgan fingerprint density at radius 3 is 2.38 bits per heavy atom. The van der Waals surface area contributed by atoms with Gasteiger partial charge in [0.05, 0.1) is 19.3 Å². The fourth-order valence-electron chi connectivity index (χ4n) is 4.69. The van der Waals surface area contributed by atoms with Crippen molar-refractivity contribution < 1.29 is 23.5 Å². The molecule has 2 aromatic carbocycles. The van der Waals surface area contributed by atoms with E-state index in [-0.39, 0.29) is 36.1 Å². The molecule has 0 N–H and O–H groups in total. The Balaban J connectivity index is 1.25. The van der Waals surface area contributed by atoms with Crippen molar-refractivity contribution in [1.82, 2.24) is 4.90 Å². The van der Waals surface area contributed by atoms with Gasteiger partial charge in [0.2, 0.25) is 0 Å². The number of fused-ring (bicyclic) bond motifs is 1. The Labute approximate surface area is 217 Å². The number of amides is 2. The SMILES string of the molecule is COc1ccc(N2CCN(C(=O)c3ccc(CN4C(=O)COc5ccc(C(C)(C)C)cc54)o3)CC2)cc1. The summed E-state index contributed by atoms with van der Waals surface area (Å²) in [5.41, 5.74) is 2.88. The first-order chi connectivity index (χ1) is 17.7. The van der Waals surface area contributed by atoms with Gasteiger partial charge in [-0.05, 0) is 59.5 Å². The summed E-state index contributed by atoms with van der Waals surface area (Å²) >= 11 is 0. The second-order valence-electron chi connectivity index (χ2n) is 10.4. The highest BCUT2D eigenvalue weighted by Crippen LogP contribution is 2.37. The van der Waals surface area contributed by atoms with Gasteiger partial charge in [0, 0.05) is 31.9 Å². The van der Waals surface area contributed by atoms with Crippen molar-refractivity contribution in [2.24, 2.45) is 0 Å². The Morgan fingerprint density at radius 1 is 0.973 bits per heavy atom. The number of furan rings is 1. The van der Waals surface area contributed by atoms with Crippen molar-refractivity contribution in [3.8, 4) is 11.5 Å². The van der Waals surface area contributed by atoms with E-state index in [0.29, 0.717) is 24.6 Å². The van der Waals surface area contributed by atoms with Gasteiger partial charge in [-0.2, -0.15) is 0 Å². The van der Waals surface area contributed by atoms with Gasteiger partial charge in [-0.15, -0.1) is 0 Å². The number of hydrogen-bond acceptors (Lipinski definition) is 6. The minimum atomic E-state index is -0.141. The molecule has 194 valence electrons. The van der Waals surface area contributed by atoms with E-state index < -0.39 is 0 Å². The third kappa shape index (κ3) is 5.14. The number of methoxy groups -OCH3 is 1. The monoisotopic (exact) mass is 503 g/mol. The lowest BCUT2D eigenvalue weighted by molar-refractivity contribution is -0.121. The number of anilines is 2. The molecule has 2 amide bonds. The second-order valence-corrected chi connectivity index (χ2v) is 10.4. The highest BCUT2D eigenvalue weighted by Gasteiger charge is 2.29. The highest BCUT2D eigenvalue weighted by molar-refractivity contribution is 5.98. The van der Waals surface area contributed by atoms with E-state index in [9.17, 15) is 9.59 Å². The van der Waals surface area contributed by atoms with Gasteiger partial charge < -0.3 is 23.7 Å². The molecule has 2 aliphatic heterocycles. The summed E-state index contributed by atoms with van der Waals surface area (Å²) in [6.07, 6.45) is 0. The molecule has 1 fully saturated rings. The van der Waals surface area contributed by atoms with Crippen LogP contribution in [0.3, 0.4) is 0 Å². The van der Waals surface area contributed by atoms with Crippen molar-refractivity contribution >= 4 is 23.2 Å². The van der Waals surface area contributed by atoms with Crippen LogP contribution in [-0.2, 0) is 16.8 Å². The van der Waals surface area contributed by atoms with Gasteiger partial charge in [0.1, 0.15) is 17.3 Å². The lowest BCUT2D eigenvalue weighted by Crippen LogP contribution is -2.48. The van der Waals surface area contributed by atoms with E-state index >= 15 is 0 Å². The molecule has 2 aliphatic rings. The smallest absolute Gasteiger partial charge is 0.289 e. The molecule has 37 heavy (non-hydrogen) atoms. The normalized spacial score (nSPS) is 15.9. The molecule has 8 heteroatoms. The molecule has 0 aliphatic carbocycles. The van der Waals surface area contributed by atoms with E-state index in [2.05, 4.69) is 25.7 Å². The summed E-state index contributed by atoms with van der Waals surface area (Å²) in [5.74, 6) is 2.06. The number of carbonyl (C=O) groups is 2. The van der Waals surface area contributed by atoms with Gasteiger partial charge >= 0.3 is 0 Å². The van der Waals surface area contributed by atoms with E-state index in [0.717, 1.165) is 35.8 Å². The summed E-state index contributed by atoms with van der Waals surface area (Å²) in [5, 5.41) is 0. The van der Waals surface area contributed by atoms with Crippen molar-refractivity contribution in [3.63, 3.8) is 0 Å². The maximum Gasteiger partial charge on any atom is 0.289 e. The molecule has 5 rings (SSSR count). The third-order valence-electron chi connectivity index (χ3n) is 6.96. The fourth-order valence-corrected chi connectivity index (χ4v) is 4.69. The van der Waals surface area contributed by atoms with Gasteiger partial charge in [0.15, 0.2) is 12.4 Å². The van der Waals surface area contributed by atoms with Crippen LogP contribution in [0.2, 0.25) is 0 Å². The van der Waals surface area contributed by atoms with Gasteiger partial charge in [0.25, 0.3) is 11.8 Å². The molecule has 0 bridgehead atoms. The van der Waals surface area contributed by atoms with Crippen LogP contribution >= 0.6 is 0 Å². The Bertz CT molecular complexity index is 1280. The minimum Gasteiger partial charge on any atom is -0.497 e. The van der Waals surface area contributed by atoms with Crippen LogP contribution in [0, 0.1) is 0 Å². The van der Waals surface area contributed by atoms with E-state index in [1.807, 2.05) is 47.4 Å². The van der Waals surface area contributed by atoms with Gasteiger partial charge in [-0.3, -0.25) is 14.5 Å². The van der Waals surface area contributed by atoms with Crippen molar-refractivity contribution in [2.45, 2.75) is 32.7 Å². The van der Waals surface area contributed by atoms with E-state index in [1.165, 1.54) is 0 Å². The molecule has 0 radical (unpaired) electrons. The quantitative estimate of drug-likeness (QED) is 0.511. The maximum absolute atomic E-state index is 13.1. The number of carbonyl (C=O) groups excluding carboxylic acids is 2. The lowest BCUT2D eigenvalue weighted by Gasteiger charge is -2.35. The number of piperazine rings is 1. The molecule has 3 heterocycles. The Morgan fingerprint density at radius 2 is 1.70 bits per heavy atom. The summed E-state index contributed by atoms with van der Waals surface area (Å²) in [6, 6.07) is 17.4. The fraction of sp³-hybridized carbons (Fsp3) is 0.379. The van der Waals surface area contributed by atoms with Gasteiger partial charge in [-0.1, -0.05) is 26.8 Å². The standard InChI is InChI=1S/C29H33N3O5/c1-29(2,3)20-5-11-25-24(17-20)32(27(33)19-36-25)18-23-10-12-26(37-23)28(34)31-15-13-30(14-16-31)21-6-8-22(35-4)9-7-21/h5-12,17H,13-16,18-19H2,1-4H3. The van der Waals surface area contributed by atoms with E-state index in [1.54, 1.807) is 24.1 Å². The third-order valence-corrected chi connectivity index (χ3v) is 6.96. The first-order valence-corrected chi connectivity index (χ1v) is 12.6. The molecule has 1 aromatic heterocycles. The van der Waals surface area contributed by atoms with Crippen molar-refractivity contribution in [3.05, 3.63) is 71.7 Å². The van der Waals surface area contributed by atoms with Crippen LogP contribution in [0.25, 0.3) is 0 Å². The van der Waals surface area contributed by atoms with Crippen molar-refractivity contribution in [2.75, 3.05) is 49.7 Å². The summed E-state index contributed by atoms with van der Waals surface area (Å²) in [7, 11) is 1.65. The zero-order valence-electron chi connectivity index (χ0n) is 21.8. The van der Waals surface area contributed by atoms with Crippen LogP contribution in [-0.4, -0.2) is 56.6 Å². The van der Waals surface area contributed by atoms with Crippen molar-refractivity contribution in [1.29, 1.82) is 0 Å². The first kappa shape index (κ1) is 24.7. The predicted molar refractivity (Wildman–Crippen MR) is 142 cm³/mol. The summed E-state index contributed by atoms with van der Waals surface area (Å²) in [4.78, 5) is 31.7. The van der Waals surface area contributed by atoms with Crippen LogP contribution in [0.1, 0.15) is 42.6 Å². The average molecular weight is 504 g/mol. The minimum absolute atomic E-state index is 0.0210. The molecular weight excluding hydrogens is 470 g/mol. The molecule has 8 nitrogen and oxygen atoms in total. The molecule has 0 saturated carbocycles. The first-order valence-electron chi connectivity index (χ1n) is 12.6. The topological polar surface area (TPSA) is 75.5 Å². The lowest BCUT2D eigenvalue weighted by atomic mass is 9.86. The highest BCUT2D eigenvalue weighted by atomic mass is 16.5. The number of rotatable bonds is 5. The van der Waals surface area contributed by atoms with Crippen LogP contribution in [0.15, 0.2) is 59.0 Å². The van der Waals surface area contributed by atoms with Crippen LogP contribution in [0.5, 0.6) is 11.5 Å². The molecule has 0 unspecified atom stereocenters. The Hall–Kier alpha value is -3.94. The second kappa shape index (κ2) is 9.84. The molecule has 0 atom stereocenters. The zero-order valence-corrected chi connectivity index (χ0v) is 21.8. The average Bonchev–Trinajstić information content (AvgIpc) is 3.38. The summed E-state index contributed by atoms with van der Waals surface area (Å²) in [6.45, 7) is 9.29. The van der Waals surface area contributed by atoms with E-state index in [4.69, 9.17) is 13.9 Å².